The first-order valence-corrected chi connectivity index (χ1v) is 8.38. The molecule has 0 aliphatic rings. The van der Waals surface area contributed by atoms with Gasteiger partial charge in [0.2, 0.25) is 0 Å². The van der Waals surface area contributed by atoms with Crippen molar-refractivity contribution < 1.29 is 36.7 Å². The molecular weight excluding hydrogens is 326 g/mol. The number of anilines is 1. The standard InChI is InChI=1S/C10H13NO8S2/c1-21(16,17)9-5-3-2-4-8(9)11(20(14)15)19-10(13)18-7-6-12/h2-5,12H,6-7H2,1H3,(H,14,15). The highest BCUT2D eigenvalue weighted by Gasteiger charge is 2.25. The first-order chi connectivity index (χ1) is 9.77. The predicted octanol–water partition coefficient (Wildman–Crippen LogP) is 0.0937. The number of benzene rings is 1. The Bertz CT molecular complexity index is 630. The van der Waals surface area contributed by atoms with E-state index in [4.69, 9.17) is 9.66 Å². The van der Waals surface area contributed by atoms with Crippen LogP contribution in [-0.4, -0.2) is 47.9 Å². The third-order valence-electron chi connectivity index (χ3n) is 2.07. The van der Waals surface area contributed by atoms with Gasteiger partial charge in [0.05, 0.1) is 11.5 Å². The minimum Gasteiger partial charge on any atom is -0.430 e. The molecule has 1 rings (SSSR count). The quantitative estimate of drug-likeness (QED) is 0.424. The molecule has 11 heteroatoms. The molecule has 0 fully saturated rings. The van der Waals surface area contributed by atoms with Gasteiger partial charge in [-0.3, -0.25) is 9.39 Å². The van der Waals surface area contributed by atoms with Crippen LogP contribution in [0.5, 0.6) is 0 Å². The van der Waals surface area contributed by atoms with Crippen LogP contribution in [0.1, 0.15) is 0 Å². The molecule has 0 aliphatic carbocycles. The Hall–Kier alpha value is -1.69. The van der Waals surface area contributed by atoms with Crippen LogP contribution >= 0.6 is 0 Å². The van der Waals surface area contributed by atoms with Crippen LogP contribution < -0.4 is 4.47 Å². The molecule has 0 bridgehead atoms. The summed E-state index contributed by atoms with van der Waals surface area (Å²) < 4.78 is 48.2. The number of carbonyl (C=O) groups excluding carboxylic acids is 1. The lowest BCUT2D eigenvalue weighted by atomic mass is 10.3. The zero-order valence-corrected chi connectivity index (χ0v) is 12.5. The van der Waals surface area contributed by atoms with Gasteiger partial charge in [-0.05, 0) is 12.1 Å². The third kappa shape index (κ3) is 4.97. The summed E-state index contributed by atoms with van der Waals surface area (Å²) in [7, 11) is -3.72. The van der Waals surface area contributed by atoms with E-state index in [1.165, 1.54) is 24.3 Å². The fourth-order valence-electron chi connectivity index (χ4n) is 1.31. The summed E-state index contributed by atoms with van der Waals surface area (Å²) in [5.74, 6) is 0. The Kier molecular flexibility index (Phi) is 6.08. The van der Waals surface area contributed by atoms with Gasteiger partial charge in [0, 0.05) is 6.26 Å². The number of aliphatic hydroxyl groups excluding tert-OH is 1. The number of aliphatic hydroxyl groups is 1. The summed E-state index contributed by atoms with van der Waals surface area (Å²) in [6.45, 7) is -0.838. The van der Waals surface area contributed by atoms with Gasteiger partial charge < -0.3 is 9.84 Å². The van der Waals surface area contributed by atoms with Crippen molar-refractivity contribution in [2.75, 3.05) is 23.9 Å². The first kappa shape index (κ1) is 17.4. The molecule has 21 heavy (non-hydrogen) atoms. The Balaban J connectivity index is 3.13. The molecule has 9 nitrogen and oxygen atoms in total. The molecule has 1 atom stereocenters. The zero-order valence-electron chi connectivity index (χ0n) is 10.8. The van der Waals surface area contributed by atoms with Gasteiger partial charge in [0.25, 0.3) is 11.3 Å². The van der Waals surface area contributed by atoms with Crippen molar-refractivity contribution in [1.82, 2.24) is 0 Å². The first-order valence-electron chi connectivity index (χ1n) is 5.43. The Morgan fingerprint density at radius 2 is 2.00 bits per heavy atom. The van der Waals surface area contributed by atoms with Crippen LogP contribution in [0.3, 0.4) is 0 Å². The summed E-state index contributed by atoms with van der Waals surface area (Å²) in [5, 5.41) is 8.49. The van der Waals surface area contributed by atoms with Crippen molar-refractivity contribution in [3.05, 3.63) is 24.3 Å². The molecule has 1 aromatic carbocycles. The molecule has 1 aromatic rings. The van der Waals surface area contributed by atoms with E-state index < -0.39 is 33.9 Å². The van der Waals surface area contributed by atoms with Gasteiger partial charge in [-0.25, -0.2) is 17.4 Å². The van der Waals surface area contributed by atoms with E-state index in [9.17, 15) is 17.4 Å². The molecule has 0 amide bonds. The topological polar surface area (TPSA) is 130 Å². The second-order valence-corrected chi connectivity index (χ2v) is 6.42. The van der Waals surface area contributed by atoms with Crippen molar-refractivity contribution in [3.8, 4) is 0 Å². The molecule has 0 saturated heterocycles. The molecule has 0 saturated carbocycles. The maximum absolute atomic E-state index is 11.6. The minimum atomic E-state index is -3.72. The van der Waals surface area contributed by atoms with Crippen LogP contribution in [0.4, 0.5) is 10.5 Å². The summed E-state index contributed by atoms with van der Waals surface area (Å²) in [5.41, 5.74) is -0.304. The number of hydrogen-bond acceptors (Lipinski definition) is 7. The van der Waals surface area contributed by atoms with Gasteiger partial charge in [0.15, 0.2) is 9.84 Å². The monoisotopic (exact) mass is 339 g/mol. The molecule has 0 aliphatic heterocycles. The maximum Gasteiger partial charge on any atom is 0.534 e. The largest absolute Gasteiger partial charge is 0.534 e. The summed E-state index contributed by atoms with van der Waals surface area (Å²) in [4.78, 5) is 15.4. The van der Waals surface area contributed by atoms with E-state index in [0.717, 1.165) is 6.26 Å². The smallest absolute Gasteiger partial charge is 0.430 e. The summed E-state index contributed by atoms with van der Waals surface area (Å²) in [6, 6.07) is 5.17. The Labute approximate surface area is 123 Å². The van der Waals surface area contributed by atoms with Crippen molar-refractivity contribution in [2.45, 2.75) is 4.90 Å². The zero-order chi connectivity index (χ0) is 16.0. The predicted molar refractivity (Wildman–Crippen MR) is 72.3 cm³/mol. The van der Waals surface area contributed by atoms with Gasteiger partial charge in [-0.2, -0.15) is 0 Å². The van der Waals surface area contributed by atoms with Gasteiger partial charge in [-0.1, -0.05) is 16.6 Å². The SMILES string of the molecule is CS(=O)(=O)c1ccccc1N(OC(=O)OCCO)S(=O)O. The lowest BCUT2D eigenvalue weighted by Gasteiger charge is -2.19. The van der Waals surface area contributed by atoms with E-state index in [1.54, 1.807) is 0 Å². The molecule has 0 aromatic heterocycles. The second-order valence-electron chi connectivity index (χ2n) is 3.64. The summed E-state index contributed by atoms with van der Waals surface area (Å²) >= 11 is -2.84. The number of hydrogen-bond donors (Lipinski definition) is 2. The van der Waals surface area contributed by atoms with Crippen molar-refractivity contribution in [2.24, 2.45) is 0 Å². The van der Waals surface area contributed by atoms with Crippen LogP contribution in [0.25, 0.3) is 0 Å². The molecule has 0 radical (unpaired) electrons. The van der Waals surface area contributed by atoms with E-state index in [2.05, 4.69) is 9.57 Å². The molecule has 2 N–H and O–H groups in total. The summed E-state index contributed by atoms with van der Waals surface area (Å²) in [6.07, 6.45) is -0.469. The number of rotatable bonds is 6. The normalized spacial score (nSPS) is 12.5. The van der Waals surface area contributed by atoms with Crippen molar-refractivity contribution >= 4 is 32.9 Å². The molecular formula is C10H13NO8S2. The van der Waals surface area contributed by atoms with Crippen LogP contribution in [0, 0.1) is 0 Å². The highest BCUT2D eigenvalue weighted by atomic mass is 32.2. The third-order valence-corrected chi connectivity index (χ3v) is 3.77. The fourth-order valence-corrected chi connectivity index (χ4v) is 2.68. The van der Waals surface area contributed by atoms with Crippen LogP contribution in [0.2, 0.25) is 0 Å². The lowest BCUT2D eigenvalue weighted by molar-refractivity contribution is 0.0466. The molecule has 0 heterocycles. The van der Waals surface area contributed by atoms with Gasteiger partial charge in [0.1, 0.15) is 12.3 Å². The average molecular weight is 339 g/mol. The van der Waals surface area contributed by atoms with E-state index in [0.29, 0.717) is 0 Å². The fraction of sp³-hybridized carbons (Fsp3) is 0.300. The molecule has 1 unspecified atom stereocenters. The molecule has 0 spiro atoms. The van der Waals surface area contributed by atoms with Crippen LogP contribution in [-0.2, 0) is 30.7 Å². The lowest BCUT2D eigenvalue weighted by Crippen LogP contribution is -2.30. The number of sulfone groups is 1. The van der Waals surface area contributed by atoms with Gasteiger partial charge >= 0.3 is 6.16 Å². The average Bonchev–Trinajstić information content (AvgIpc) is 2.41. The number of ether oxygens (including phenoxy) is 1. The number of nitrogens with zero attached hydrogens (tertiary/aromatic N) is 1. The molecule has 118 valence electrons. The minimum absolute atomic E-state index is 0.191. The van der Waals surface area contributed by atoms with Gasteiger partial charge in [-0.15, -0.1) is 0 Å². The van der Waals surface area contributed by atoms with E-state index >= 15 is 0 Å². The van der Waals surface area contributed by atoms with Crippen LogP contribution in [0.15, 0.2) is 29.2 Å². The highest BCUT2D eigenvalue weighted by Crippen LogP contribution is 2.26. The Morgan fingerprint density at radius 3 is 2.52 bits per heavy atom. The van der Waals surface area contributed by atoms with E-state index in [-0.39, 0.29) is 21.7 Å². The second kappa shape index (κ2) is 7.36. The number of carbonyl (C=O) groups is 1. The van der Waals surface area contributed by atoms with Crippen molar-refractivity contribution in [3.63, 3.8) is 0 Å². The van der Waals surface area contributed by atoms with E-state index in [1.807, 2.05) is 0 Å². The highest BCUT2D eigenvalue weighted by molar-refractivity contribution is 7.91. The van der Waals surface area contributed by atoms with Crippen molar-refractivity contribution in [1.29, 1.82) is 0 Å². The number of para-hydroxylation sites is 1. The maximum atomic E-state index is 11.6. The Morgan fingerprint density at radius 1 is 1.38 bits per heavy atom.